The lowest BCUT2D eigenvalue weighted by Gasteiger charge is -2.11. The van der Waals surface area contributed by atoms with E-state index in [9.17, 15) is 32.5 Å². The molecule has 0 saturated heterocycles. The number of hydrogen-bond acceptors (Lipinski definition) is 5. The predicted molar refractivity (Wildman–Crippen MR) is 88.3 cm³/mol. The molecule has 0 aliphatic carbocycles. The lowest BCUT2D eigenvalue weighted by Crippen LogP contribution is -2.20. The van der Waals surface area contributed by atoms with Crippen LogP contribution in [0, 0.1) is 15.9 Å². The molecule has 0 radical (unpaired) electrons. The van der Waals surface area contributed by atoms with Crippen LogP contribution in [0.2, 0.25) is 0 Å². The molecule has 27 heavy (non-hydrogen) atoms. The van der Waals surface area contributed by atoms with Crippen molar-refractivity contribution in [3.8, 4) is 11.4 Å². The highest BCUT2D eigenvalue weighted by molar-refractivity contribution is 9.10. The third kappa shape index (κ3) is 3.60. The minimum atomic E-state index is -5.13. The maximum atomic E-state index is 14.0. The first-order chi connectivity index (χ1) is 12.6. The second-order valence-corrected chi connectivity index (χ2v) is 5.99. The molecule has 1 aromatic heterocycles. The lowest BCUT2D eigenvalue weighted by atomic mass is 10.2. The van der Waals surface area contributed by atoms with Crippen LogP contribution < -0.4 is 10.3 Å². The maximum Gasteiger partial charge on any atom is 0.573 e. The van der Waals surface area contributed by atoms with Gasteiger partial charge in [-0.3, -0.25) is 19.5 Å². The third-order valence-corrected chi connectivity index (χ3v) is 4.08. The zero-order chi connectivity index (χ0) is 19.9. The molecule has 12 heteroatoms. The molecule has 0 fully saturated rings. The van der Waals surface area contributed by atoms with E-state index in [4.69, 9.17) is 0 Å². The standard InChI is InChI=1S/C15H6BrF4N3O4/c16-9-3-2-8-13(12(9)17)21-6-22(14(8)24)7-1-4-11(27-15(18,19)20)10(5-7)23(25)26/h1-6H. The summed E-state index contributed by atoms with van der Waals surface area (Å²) in [5.41, 5.74) is -2.12. The Bertz CT molecular complexity index is 1130. The Hall–Kier alpha value is -3.02. The summed E-state index contributed by atoms with van der Waals surface area (Å²) in [6, 6.07) is 5.03. The number of fused-ring (bicyclic) bond motifs is 1. The number of nitro benzene ring substituents is 1. The molecule has 0 N–H and O–H groups in total. The summed E-state index contributed by atoms with van der Waals surface area (Å²) >= 11 is 2.96. The zero-order valence-electron chi connectivity index (χ0n) is 12.8. The molecular formula is C15H6BrF4N3O4. The van der Waals surface area contributed by atoms with Gasteiger partial charge in [-0.15, -0.1) is 13.2 Å². The molecule has 0 unspecified atom stereocenters. The number of nitro groups is 1. The Kier molecular flexibility index (Phi) is 4.59. The minimum absolute atomic E-state index is 0.0870. The van der Waals surface area contributed by atoms with Crippen LogP contribution in [0.5, 0.6) is 5.75 Å². The zero-order valence-corrected chi connectivity index (χ0v) is 14.4. The molecular weight excluding hydrogens is 442 g/mol. The Balaban J connectivity index is 2.18. The molecule has 1 heterocycles. The quantitative estimate of drug-likeness (QED) is 0.342. The van der Waals surface area contributed by atoms with E-state index in [0.29, 0.717) is 6.07 Å². The molecule has 7 nitrogen and oxygen atoms in total. The Labute approximate surface area is 155 Å². The van der Waals surface area contributed by atoms with E-state index in [2.05, 4.69) is 25.7 Å². The number of halogens is 5. The monoisotopic (exact) mass is 447 g/mol. The Morgan fingerprint density at radius 3 is 2.56 bits per heavy atom. The molecule has 0 amide bonds. The van der Waals surface area contributed by atoms with Gasteiger partial charge in [-0.05, 0) is 40.2 Å². The summed E-state index contributed by atoms with van der Waals surface area (Å²) in [5, 5.41) is 11.0. The van der Waals surface area contributed by atoms with Crippen molar-refractivity contribution in [2.75, 3.05) is 0 Å². The molecule has 0 bridgehead atoms. The number of hydrogen-bond donors (Lipinski definition) is 0. The van der Waals surface area contributed by atoms with Crippen molar-refractivity contribution in [3.05, 3.63) is 67.4 Å². The fourth-order valence-electron chi connectivity index (χ4n) is 2.33. The van der Waals surface area contributed by atoms with Gasteiger partial charge in [0.2, 0.25) is 5.75 Å². The van der Waals surface area contributed by atoms with E-state index in [-0.39, 0.29) is 21.1 Å². The van der Waals surface area contributed by atoms with Crippen molar-refractivity contribution in [1.29, 1.82) is 0 Å². The van der Waals surface area contributed by atoms with E-state index in [1.165, 1.54) is 12.1 Å². The van der Waals surface area contributed by atoms with Crippen molar-refractivity contribution in [2.45, 2.75) is 6.36 Å². The number of nitrogens with zero attached hydrogens (tertiary/aromatic N) is 3. The molecule has 140 valence electrons. The molecule has 3 rings (SSSR count). The molecule has 3 aromatic rings. The Morgan fingerprint density at radius 1 is 1.22 bits per heavy atom. The second-order valence-electron chi connectivity index (χ2n) is 5.13. The van der Waals surface area contributed by atoms with Crippen LogP contribution >= 0.6 is 15.9 Å². The highest BCUT2D eigenvalue weighted by Gasteiger charge is 2.34. The smallest absolute Gasteiger partial charge is 0.398 e. The first-order valence-electron chi connectivity index (χ1n) is 6.98. The van der Waals surface area contributed by atoms with Crippen molar-refractivity contribution in [3.63, 3.8) is 0 Å². The number of benzene rings is 2. The van der Waals surface area contributed by atoms with Crippen LogP contribution in [0.25, 0.3) is 16.6 Å². The van der Waals surface area contributed by atoms with Gasteiger partial charge in [0.05, 0.1) is 20.5 Å². The number of ether oxygens (including phenoxy) is 1. The summed E-state index contributed by atoms with van der Waals surface area (Å²) in [5.74, 6) is -1.80. The normalized spacial score (nSPS) is 11.6. The lowest BCUT2D eigenvalue weighted by molar-refractivity contribution is -0.388. The fourth-order valence-corrected chi connectivity index (χ4v) is 2.65. The van der Waals surface area contributed by atoms with E-state index < -0.39 is 34.1 Å². The highest BCUT2D eigenvalue weighted by Crippen LogP contribution is 2.33. The van der Waals surface area contributed by atoms with Gasteiger partial charge in [0.25, 0.3) is 5.56 Å². The van der Waals surface area contributed by atoms with Crippen LogP contribution in [-0.2, 0) is 0 Å². The largest absolute Gasteiger partial charge is 0.573 e. The summed E-state index contributed by atoms with van der Waals surface area (Å²) in [7, 11) is 0. The van der Waals surface area contributed by atoms with E-state index in [0.717, 1.165) is 23.0 Å². The van der Waals surface area contributed by atoms with Crippen molar-refractivity contribution in [1.82, 2.24) is 9.55 Å². The average Bonchev–Trinajstić information content (AvgIpc) is 2.57. The number of aromatic nitrogens is 2. The highest BCUT2D eigenvalue weighted by atomic mass is 79.9. The van der Waals surface area contributed by atoms with Gasteiger partial charge < -0.3 is 4.74 Å². The first kappa shape index (κ1) is 18.8. The van der Waals surface area contributed by atoms with Crippen LogP contribution in [0.1, 0.15) is 0 Å². The van der Waals surface area contributed by atoms with Gasteiger partial charge in [-0.2, -0.15) is 0 Å². The van der Waals surface area contributed by atoms with E-state index >= 15 is 0 Å². The molecule has 2 aromatic carbocycles. The van der Waals surface area contributed by atoms with Crippen LogP contribution in [-0.4, -0.2) is 20.8 Å². The van der Waals surface area contributed by atoms with Crippen molar-refractivity contribution < 1.29 is 27.2 Å². The van der Waals surface area contributed by atoms with Gasteiger partial charge in [0.15, 0.2) is 5.82 Å². The van der Waals surface area contributed by atoms with Crippen LogP contribution in [0.4, 0.5) is 23.2 Å². The van der Waals surface area contributed by atoms with Gasteiger partial charge in [-0.1, -0.05) is 0 Å². The van der Waals surface area contributed by atoms with Crippen LogP contribution in [0.3, 0.4) is 0 Å². The average molecular weight is 448 g/mol. The molecule has 0 saturated carbocycles. The van der Waals surface area contributed by atoms with Crippen molar-refractivity contribution >= 4 is 32.5 Å². The predicted octanol–water partition coefficient (Wildman–Crippen LogP) is 4.09. The number of alkyl halides is 3. The first-order valence-corrected chi connectivity index (χ1v) is 7.77. The van der Waals surface area contributed by atoms with Gasteiger partial charge in [0.1, 0.15) is 11.8 Å². The fraction of sp³-hybridized carbons (Fsp3) is 0.0667. The maximum absolute atomic E-state index is 14.0. The SMILES string of the molecule is O=c1c2ccc(Br)c(F)c2ncn1-c1ccc(OC(F)(F)F)c([N+](=O)[O-])c1. The minimum Gasteiger partial charge on any atom is -0.398 e. The third-order valence-electron chi connectivity index (χ3n) is 3.46. The summed E-state index contributed by atoms with van der Waals surface area (Å²) < 4.78 is 55.7. The van der Waals surface area contributed by atoms with Crippen molar-refractivity contribution in [2.24, 2.45) is 0 Å². The van der Waals surface area contributed by atoms with Gasteiger partial charge in [-0.25, -0.2) is 9.37 Å². The topological polar surface area (TPSA) is 87.3 Å². The summed E-state index contributed by atoms with van der Waals surface area (Å²) in [6.45, 7) is 0. The van der Waals surface area contributed by atoms with Gasteiger partial charge in [0, 0.05) is 6.07 Å². The molecule has 0 spiro atoms. The molecule has 0 aliphatic rings. The van der Waals surface area contributed by atoms with Gasteiger partial charge >= 0.3 is 12.0 Å². The van der Waals surface area contributed by atoms with Crippen LogP contribution in [0.15, 0.2) is 45.9 Å². The molecule has 0 atom stereocenters. The number of rotatable bonds is 3. The second kappa shape index (κ2) is 6.61. The summed E-state index contributed by atoms with van der Waals surface area (Å²) in [4.78, 5) is 26.3. The summed E-state index contributed by atoms with van der Waals surface area (Å²) in [6.07, 6.45) is -4.21. The Morgan fingerprint density at radius 2 is 1.93 bits per heavy atom. The van der Waals surface area contributed by atoms with E-state index in [1.54, 1.807) is 0 Å². The van der Waals surface area contributed by atoms with E-state index in [1.807, 2.05) is 0 Å². The molecule has 0 aliphatic heterocycles.